The van der Waals surface area contributed by atoms with Gasteiger partial charge in [-0.3, -0.25) is 4.79 Å². The van der Waals surface area contributed by atoms with Crippen LogP contribution in [0.4, 0.5) is 0 Å². The normalized spacial score (nSPS) is 12.6. The number of hydrogen-bond acceptors (Lipinski definition) is 2. The van der Waals surface area contributed by atoms with Crippen LogP contribution in [-0.2, 0) is 9.53 Å². The SMILES string of the molecule is C=CC=CC=COC(=C)C=CC(=C)C(=O)NCC(C)CCC. The van der Waals surface area contributed by atoms with Crippen molar-refractivity contribution in [3.05, 3.63) is 73.8 Å². The Hall–Kier alpha value is -2.29. The molecule has 1 atom stereocenters. The minimum Gasteiger partial charge on any atom is -0.466 e. The van der Waals surface area contributed by atoms with Gasteiger partial charge in [0.05, 0.1) is 6.26 Å². The molecule has 0 aromatic rings. The van der Waals surface area contributed by atoms with Crippen LogP contribution in [-0.4, -0.2) is 12.5 Å². The van der Waals surface area contributed by atoms with Crippen molar-refractivity contribution in [3.8, 4) is 0 Å². The minimum absolute atomic E-state index is 0.170. The van der Waals surface area contributed by atoms with Crippen molar-refractivity contribution in [1.82, 2.24) is 5.32 Å². The van der Waals surface area contributed by atoms with Gasteiger partial charge in [0.2, 0.25) is 0 Å². The highest BCUT2D eigenvalue weighted by Gasteiger charge is 2.06. The number of carbonyl (C=O) groups is 1. The van der Waals surface area contributed by atoms with Crippen molar-refractivity contribution in [2.24, 2.45) is 5.92 Å². The molecule has 0 aromatic heterocycles. The molecule has 0 aliphatic rings. The van der Waals surface area contributed by atoms with Crippen LogP contribution in [0.5, 0.6) is 0 Å². The summed E-state index contributed by atoms with van der Waals surface area (Å²) in [5, 5.41) is 2.86. The summed E-state index contributed by atoms with van der Waals surface area (Å²) in [6.45, 7) is 15.9. The Morgan fingerprint density at radius 3 is 2.59 bits per heavy atom. The molecular formula is C19H27NO2. The van der Waals surface area contributed by atoms with E-state index >= 15 is 0 Å². The van der Waals surface area contributed by atoms with Crippen molar-refractivity contribution < 1.29 is 9.53 Å². The van der Waals surface area contributed by atoms with Crippen LogP contribution in [0, 0.1) is 5.92 Å². The van der Waals surface area contributed by atoms with Gasteiger partial charge < -0.3 is 10.1 Å². The summed E-state index contributed by atoms with van der Waals surface area (Å²) in [6.07, 6.45) is 13.9. The lowest BCUT2D eigenvalue weighted by atomic mass is 10.1. The predicted molar refractivity (Wildman–Crippen MR) is 94.1 cm³/mol. The third kappa shape index (κ3) is 10.5. The second-order valence-corrected chi connectivity index (χ2v) is 5.00. The lowest BCUT2D eigenvalue weighted by molar-refractivity contribution is -0.117. The lowest BCUT2D eigenvalue weighted by Crippen LogP contribution is -2.28. The highest BCUT2D eigenvalue weighted by Crippen LogP contribution is 2.04. The van der Waals surface area contributed by atoms with E-state index in [1.165, 1.54) is 6.26 Å². The molecule has 3 heteroatoms. The van der Waals surface area contributed by atoms with Gasteiger partial charge in [0.1, 0.15) is 5.76 Å². The van der Waals surface area contributed by atoms with Crippen LogP contribution in [0.15, 0.2) is 73.8 Å². The summed E-state index contributed by atoms with van der Waals surface area (Å²) in [5.41, 5.74) is 0.379. The minimum atomic E-state index is -0.170. The number of rotatable bonds is 11. The van der Waals surface area contributed by atoms with Crippen LogP contribution in [0.1, 0.15) is 26.7 Å². The third-order valence-electron chi connectivity index (χ3n) is 2.81. The molecule has 0 saturated carbocycles. The summed E-state index contributed by atoms with van der Waals surface area (Å²) in [5.74, 6) is 0.728. The van der Waals surface area contributed by atoms with E-state index in [9.17, 15) is 4.79 Å². The topological polar surface area (TPSA) is 38.3 Å². The van der Waals surface area contributed by atoms with Gasteiger partial charge in [-0.1, -0.05) is 58.2 Å². The van der Waals surface area contributed by atoms with Gasteiger partial charge >= 0.3 is 0 Å². The number of carbonyl (C=O) groups excluding carboxylic acids is 1. The molecule has 0 aliphatic carbocycles. The van der Waals surface area contributed by atoms with Crippen LogP contribution >= 0.6 is 0 Å². The fourth-order valence-electron chi connectivity index (χ4n) is 1.60. The van der Waals surface area contributed by atoms with Crippen molar-refractivity contribution in [3.63, 3.8) is 0 Å². The molecule has 1 N–H and O–H groups in total. The molecule has 0 spiro atoms. The lowest BCUT2D eigenvalue weighted by Gasteiger charge is -2.11. The Morgan fingerprint density at radius 2 is 1.95 bits per heavy atom. The van der Waals surface area contributed by atoms with Gasteiger partial charge in [0, 0.05) is 12.1 Å². The molecule has 0 bridgehead atoms. The number of hydrogen-bond donors (Lipinski definition) is 1. The summed E-state index contributed by atoms with van der Waals surface area (Å²) in [4.78, 5) is 11.8. The van der Waals surface area contributed by atoms with Gasteiger partial charge in [-0.15, -0.1) is 0 Å². The molecule has 22 heavy (non-hydrogen) atoms. The van der Waals surface area contributed by atoms with Gasteiger partial charge in [-0.25, -0.2) is 0 Å². The maximum absolute atomic E-state index is 11.8. The fourth-order valence-corrected chi connectivity index (χ4v) is 1.60. The van der Waals surface area contributed by atoms with Gasteiger partial charge in [-0.2, -0.15) is 0 Å². The van der Waals surface area contributed by atoms with E-state index in [1.54, 1.807) is 36.5 Å². The summed E-state index contributed by atoms with van der Waals surface area (Å²) in [6, 6.07) is 0. The highest BCUT2D eigenvalue weighted by atomic mass is 16.5. The van der Waals surface area contributed by atoms with E-state index in [0.717, 1.165) is 12.8 Å². The van der Waals surface area contributed by atoms with E-state index in [1.807, 2.05) is 0 Å². The standard InChI is InChI=1S/C19H27NO2/c1-6-8-9-10-14-22-18(5)13-12-17(4)19(21)20-15-16(3)11-7-2/h6,8-10,12-14,16H,1,4-5,7,11,15H2,2-3H3,(H,20,21). The molecule has 0 aromatic carbocycles. The molecule has 1 unspecified atom stereocenters. The van der Waals surface area contributed by atoms with Crippen LogP contribution < -0.4 is 5.32 Å². The number of nitrogens with one attached hydrogen (secondary N) is 1. The quantitative estimate of drug-likeness (QED) is 0.348. The highest BCUT2D eigenvalue weighted by molar-refractivity contribution is 5.95. The van der Waals surface area contributed by atoms with Crippen LogP contribution in [0.3, 0.4) is 0 Å². The molecule has 120 valence electrons. The molecule has 1 amide bonds. The fraction of sp³-hybridized carbons (Fsp3) is 0.316. The van der Waals surface area contributed by atoms with E-state index in [0.29, 0.717) is 23.8 Å². The summed E-state index contributed by atoms with van der Waals surface area (Å²) < 4.78 is 5.23. The first-order valence-electron chi connectivity index (χ1n) is 7.46. The van der Waals surface area contributed by atoms with Crippen molar-refractivity contribution in [1.29, 1.82) is 0 Å². The number of amides is 1. The van der Waals surface area contributed by atoms with Gasteiger partial charge in [0.25, 0.3) is 5.91 Å². The first kappa shape index (κ1) is 19.7. The zero-order chi connectivity index (χ0) is 16.8. The largest absolute Gasteiger partial charge is 0.466 e. The molecule has 0 rings (SSSR count). The zero-order valence-corrected chi connectivity index (χ0v) is 13.7. The second kappa shape index (κ2) is 12.5. The first-order valence-corrected chi connectivity index (χ1v) is 7.46. The summed E-state index contributed by atoms with van der Waals surface area (Å²) in [7, 11) is 0. The van der Waals surface area contributed by atoms with Gasteiger partial charge in [0.15, 0.2) is 0 Å². The monoisotopic (exact) mass is 301 g/mol. The average molecular weight is 301 g/mol. The van der Waals surface area contributed by atoms with Crippen LogP contribution in [0.25, 0.3) is 0 Å². The predicted octanol–water partition coefficient (Wildman–Crippen LogP) is 4.44. The molecule has 0 radical (unpaired) electrons. The molecule has 0 saturated heterocycles. The molecule has 0 aliphatic heterocycles. The van der Waals surface area contributed by atoms with E-state index in [2.05, 4.69) is 38.9 Å². The first-order chi connectivity index (χ1) is 10.5. The number of ether oxygens (including phenoxy) is 1. The molecule has 0 heterocycles. The smallest absolute Gasteiger partial charge is 0.250 e. The van der Waals surface area contributed by atoms with Crippen molar-refractivity contribution >= 4 is 5.91 Å². The molecule has 3 nitrogen and oxygen atoms in total. The number of allylic oxidation sites excluding steroid dienone is 5. The van der Waals surface area contributed by atoms with Crippen molar-refractivity contribution in [2.75, 3.05) is 6.54 Å². The van der Waals surface area contributed by atoms with Gasteiger partial charge in [-0.05, 0) is 30.6 Å². The average Bonchev–Trinajstić information content (AvgIpc) is 2.50. The molecule has 0 fully saturated rings. The van der Waals surface area contributed by atoms with E-state index < -0.39 is 0 Å². The van der Waals surface area contributed by atoms with Crippen molar-refractivity contribution in [2.45, 2.75) is 26.7 Å². The molecular weight excluding hydrogens is 274 g/mol. The maximum atomic E-state index is 11.8. The second-order valence-electron chi connectivity index (χ2n) is 5.00. The Labute approximate surface area is 134 Å². The summed E-state index contributed by atoms with van der Waals surface area (Å²) >= 11 is 0. The van der Waals surface area contributed by atoms with E-state index in [-0.39, 0.29) is 5.91 Å². The Kier molecular flexibility index (Phi) is 11.2. The van der Waals surface area contributed by atoms with Crippen LogP contribution in [0.2, 0.25) is 0 Å². The maximum Gasteiger partial charge on any atom is 0.250 e. The Bertz CT molecular complexity index is 470. The Morgan fingerprint density at radius 1 is 1.23 bits per heavy atom. The Balaban J connectivity index is 4.14. The van der Waals surface area contributed by atoms with E-state index in [4.69, 9.17) is 4.74 Å². The zero-order valence-electron chi connectivity index (χ0n) is 13.7. The third-order valence-corrected chi connectivity index (χ3v) is 2.81.